The molecule has 1 aliphatic rings. The molecule has 24 heavy (non-hydrogen) atoms. The number of ether oxygens (including phenoxy) is 1. The maximum atomic E-state index is 12.8. The highest BCUT2D eigenvalue weighted by Crippen LogP contribution is 2.25. The van der Waals surface area contributed by atoms with Gasteiger partial charge in [-0.1, -0.05) is 6.92 Å². The van der Waals surface area contributed by atoms with E-state index < -0.39 is 10.0 Å². The van der Waals surface area contributed by atoms with Crippen LogP contribution in [0.1, 0.15) is 33.1 Å². The van der Waals surface area contributed by atoms with E-state index in [2.05, 4.69) is 5.32 Å². The highest BCUT2D eigenvalue weighted by molar-refractivity contribution is 7.89. The summed E-state index contributed by atoms with van der Waals surface area (Å²) < 4.78 is 32.1. The van der Waals surface area contributed by atoms with Crippen molar-refractivity contribution in [3.63, 3.8) is 0 Å². The lowest BCUT2D eigenvalue weighted by Crippen LogP contribution is -2.46. The molecule has 1 heterocycles. The fourth-order valence-corrected chi connectivity index (χ4v) is 4.26. The van der Waals surface area contributed by atoms with Gasteiger partial charge in [0.2, 0.25) is 15.9 Å². The smallest absolute Gasteiger partial charge is 0.243 e. The number of carbonyl (C=O) groups excluding carboxylic acids is 1. The molecule has 0 spiro atoms. The van der Waals surface area contributed by atoms with Crippen LogP contribution in [0, 0.1) is 5.92 Å². The Kier molecular flexibility index (Phi) is 6.23. The van der Waals surface area contributed by atoms with Crippen LogP contribution in [-0.2, 0) is 14.8 Å². The minimum absolute atomic E-state index is 0.0565. The topological polar surface area (TPSA) is 75.7 Å². The maximum absolute atomic E-state index is 12.8. The Morgan fingerprint density at radius 3 is 2.62 bits per heavy atom. The van der Waals surface area contributed by atoms with Crippen molar-refractivity contribution in [2.45, 2.75) is 44.0 Å². The quantitative estimate of drug-likeness (QED) is 0.848. The minimum atomic E-state index is -3.59. The van der Waals surface area contributed by atoms with Crippen LogP contribution in [0.2, 0.25) is 0 Å². The number of carbonyl (C=O) groups is 1. The van der Waals surface area contributed by atoms with Gasteiger partial charge in [0, 0.05) is 19.1 Å². The van der Waals surface area contributed by atoms with Crippen LogP contribution in [0.25, 0.3) is 0 Å². The van der Waals surface area contributed by atoms with Gasteiger partial charge in [0.25, 0.3) is 0 Å². The minimum Gasteiger partial charge on any atom is -0.497 e. The largest absolute Gasteiger partial charge is 0.497 e. The predicted molar refractivity (Wildman–Crippen MR) is 92.4 cm³/mol. The first kappa shape index (κ1) is 18.7. The summed E-state index contributed by atoms with van der Waals surface area (Å²) in [5, 5.41) is 2.95. The number of sulfonamides is 1. The standard InChI is InChI=1S/C17H26N2O4S/c1-4-13(2)18-17(20)14-6-5-11-19(12-14)24(21,22)16-9-7-15(23-3)8-10-16/h7-10,13-14H,4-6,11-12H2,1-3H3,(H,18,20)/t13-,14+/m0/s1. The van der Waals surface area contributed by atoms with Crippen LogP contribution in [-0.4, -0.2) is 44.9 Å². The van der Waals surface area contributed by atoms with E-state index >= 15 is 0 Å². The van der Waals surface area contributed by atoms with Crippen molar-refractivity contribution in [2.24, 2.45) is 5.92 Å². The molecule has 1 aromatic rings. The number of methoxy groups -OCH3 is 1. The van der Waals surface area contributed by atoms with Gasteiger partial charge in [0.05, 0.1) is 17.9 Å². The highest BCUT2D eigenvalue weighted by Gasteiger charge is 2.33. The number of piperidine rings is 1. The Morgan fingerprint density at radius 1 is 1.38 bits per heavy atom. The third kappa shape index (κ3) is 4.27. The summed E-state index contributed by atoms with van der Waals surface area (Å²) in [5.41, 5.74) is 0. The lowest BCUT2D eigenvalue weighted by Gasteiger charge is -2.31. The Morgan fingerprint density at radius 2 is 2.04 bits per heavy atom. The molecule has 1 saturated heterocycles. The van der Waals surface area contributed by atoms with E-state index in [0.717, 1.165) is 12.8 Å². The zero-order valence-electron chi connectivity index (χ0n) is 14.5. The van der Waals surface area contributed by atoms with Gasteiger partial charge in [-0.25, -0.2) is 8.42 Å². The lowest BCUT2D eigenvalue weighted by molar-refractivity contribution is -0.126. The van der Waals surface area contributed by atoms with Gasteiger partial charge in [-0.05, 0) is 50.5 Å². The Hall–Kier alpha value is -1.60. The molecule has 0 aliphatic carbocycles. The molecule has 0 bridgehead atoms. The first-order valence-corrected chi connectivity index (χ1v) is 9.77. The van der Waals surface area contributed by atoms with E-state index in [1.54, 1.807) is 12.1 Å². The average molecular weight is 354 g/mol. The number of nitrogens with zero attached hydrogens (tertiary/aromatic N) is 1. The summed E-state index contributed by atoms with van der Waals surface area (Å²) >= 11 is 0. The van der Waals surface area contributed by atoms with Crippen molar-refractivity contribution in [2.75, 3.05) is 20.2 Å². The zero-order valence-corrected chi connectivity index (χ0v) is 15.3. The molecule has 1 aliphatic heterocycles. The lowest BCUT2D eigenvalue weighted by atomic mass is 9.98. The second-order valence-corrected chi connectivity index (χ2v) is 8.13. The van der Waals surface area contributed by atoms with Gasteiger partial charge < -0.3 is 10.1 Å². The van der Waals surface area contributed by atoms with Crippen molar-refractivity contribution in [3.05, 3.63) is 24.3 Å². The number of amides is 1. The number of hydrogen-bond acceptors (Lipinski definition) is 4. The van der Waals surface area contributed by atoms with Gasteiger partial charge in [0.1, 0.15) is 5.75 Å². The number of nitrogens with one attached hydrogen (secondary N) is 1. The average Bonchev–Trinajstić information content (AvgIpc) is 2.61. The van der Waals surface area contributed by atoms with Gasteiger partial charge in [-0.2, -0.15) is 4.31 Å². The molecular formula is C17H26N2O4S. The molecule has 0 aromatic heterocycles. The molecule has 1 N–H and O–H groups in total. The molecule has 134 valence electrons. The van der Waals surface area contributed by atoms with Crippen molar-refractivity contribution in [3.8, 4) is 5.75 Å². The summed E-state index contributed by atoms with van der Waals surface area (Å²) in [6, 6.07) is 6.44. The molecule has 7 heteroatoms. The Balaban J connectivity index is 2.11. The van der Waals surface area contributed by atoms with Crippen LogP contribution in [0.4, 0.5) is 0 Å². The van der Waals surface area contributed by atoms with E-state index in [4.69, 9.17) is 4.74 Å². The highest BCUT2D eigenvalue weighted by atomic mass is 32.2. The summed E-state index contributed by atoms with van der Waals surface area (Å²) in [4.78, 5) is 12.5. The van der Waals surface area contributed by atoms with E-state index in [9.17, 15) is 13.2 Å². The Labute approximate surface area is 144 Å². The van der Waals surface area contributed by atoms with Crippen LogP contribution < -0.4 is 10.1 Å². The molecule has 1 fully saturated rings. The van der Waals surface area contributed by atoms with Gasteiger partial charge in [-0.3, -0.25) is 4.79 Å². The fourth-order valence-electron chi connectivity index (χ4n) is 2.73. The van der Waals surface area contributed by atoms with E-state index in [1.807, 2.05) is 13.8 Å². The second-order valence-electron chi connectivity index (χ2n) is 6.20. The maximum Gasteiger partial charge on any atom is 0.243 e. The number of rotatable bonds is 6. The van der Waals surface area contributed by atoms with Crippen LogP contribution in [0.5, 0.6) is 5.75 Å². The monoisotopic (exact) mass is 354 g/mol. The van der Waals surface area contributed by atoms with E-state index in [1.165, 1.54) is 23.5 Å². The summed E-state index contributed by atoms with van der Waals surface area (Å²) in [5.74, 6) is 0.262. The van der Waals surface area contributed by atoms with E-state index in [0.29, 0.717) is 18.7 Å². The van der Waals surface area contributed by atoms with Crippen molar-refractivity contribution < 1.29 is 17.9 Å². The molecular weight excluding hydrogens is 328 g/mol. The molecule has 1 aromatic carbocycles. The third-order valence-corrected chi connectivity index (χ3v) is 6.33. The van der Waals surface area contributed by atoms with Gasteiger partial charge in [-0.15, -0.1) is 0 Å². The van der Waals surface area contributed by atoms with Crippen LogP contribution >= 0.6 is 0 Å². The van der Waals surface area contributed by atoms with E-state index in [-0.39, 0.29) is 29.3 Å². The molecule has 6 nitrogen and oxygen atoms in total. The Bertz CT molecular complexity index is 658. The van der Waals surface area contributed by atoms with Crippen molar-refractivity contribution in [1.29, 1.82) is 0 Å². The number of benzene rings is 1. The molecule has 2 atom stereocenters. The normalized spacial score (nSPS) is 20.4. The first-order chi connectivity index (χ1) is 11.4. The first-order valence-electron chi connectivity index (χ1n) is 8.33. The van der Waals surface area contributed by atoms with Crippen LogP contribution in [0.15, 0.2) is 29.2 Å². The number of hydrogen-bond donors (Lipinski definition) is 1. The fraction of sp³-hybridized carbons (Fsp3) is 0.588. The SMILES string of the molecule is CC[C@H](C)NC(=O)[C@@H]1CCCN(S(=O)(=O)c2ccc(OC)cc2)C1. The van der Waals surface area contributed by atoms with Crippen molar-refractivity contribution >= 4 is 15.9 Å². The zero-order chi connectivity index (χ0) is 17.7. The van der Waals surface area contributed by atoms with Gasteiger partial charge >= 0.3 is 0 Å². The second kappa shape index (κ2) is 7.98. The molecule has 0 radical (unpaired) electrons. The summed E-state index contributed by atoms with van der Waals surface area (Å²) in [7, 11) is -2.05. The summed E-state index contributed by atoms with van der Waals surface area (Å²) in [6.07, 6.45) is 2.26. The summed E-state index contributed by atoms with van der Waals surface area (Å²) in [6.45, 7) is 4.64. The van der Waals surface area contributed by atoms with Crippen LogP contribution in [0.3, 0.4) is 0 Å². The molecule has 1 amide bonds. The predicted octanol–water partition coefficient (Wildman–Crippen LogP) is 2.01. The molecule has 0 saturated carbocycles. The van der Waals surface area contributed by atoms with Crippen molar-refractivity contribution in [1.82, 2.24) is 9.62 Å². The molecule has 2 rings (SSSR count). The molecule has 0 unspecified atom stereocenters. The van der Waals surface area contributed by atoms with Gasteiger partial charge in [0.15, 0.2) is 0 Å². The third-order valence-electron chi connectivity index (χ3n) is 4.45.